The van der Waals surface area contributed by atoms with Gasteiger partial charge in [0.05, 0.1) is 16.3 Å². The largest absolute Gasteiger partial charge is 0.325 e. The first-order chi connectivity index (χ1) is 10.1. The zero-order valence-corrected chi connectivity index (χ0v) is 13.9. The van der Waals surface area contributed by atoms with Crippen molar-refractivity contribution in [3.8, 4) is 6.07 Å². The first-order valence-electron chi connectivity index (χ1n) is 5.96. The maximum absolute atomic E-state index is 11.9. The third-order valence-corrected chi connectivity index (χ3v) is 4.41. The summed E-state index contributed by atoms with van der Waals surface area (Å²) in [5.41, 5.74) is 0.972. The average molecular weight is 382 g/mol. The second kappa shape index (κ2) is 7.51. The molecular weight excluding hydrogens is 372 g/mol. The second-order valence-electron chi connectivity index (χ2n) is 4.10. The van der Waals surface area contributed by atoms with Crippen LogP contribution in [-0.2, 0) is 4.79 Å². The van der Waals surface area contributed by atoms with E-state index in [4.69, 9.17) is 16.9 Å². The molecule has 6 heteroatoms. The van der Waals surface area contributed by atoms with Gasteiger partial charge in [0.2, 0.25) is 5.91 Å². The molecule has 0 unspecified atom stereocenters. The van der Waals surface area contributed by atoms with Crippen LogP contribution in [0.4, 0.5) is 5.69 Å². The quantitative estimate of drug-likeness (QED) is 0.781. The van der Waals surface area contributed by atoms with Crippen LogP contribution in [-0.4, -0.2) is 11.7 Å². The van der Waals surface area contributed by atoms with Crippen LogP contribution in [0.25, 0.3) is 0 Å². The SMILES string of the molecule is N#Cc1ccc(NC(=O)CSc2ccc(Br)cc2)cc1Cl. The van der Waals surface area contributed by atoms with Crippen LogP contribution in [0.3, 0.4) is 0 Å². The van der Waals surface area contributed by atoms with Crippen molar-refractivity contribution in [2.24, 2.45) is 0 Å². The van der Waals surface area contributed by atoms with E-state index in [2.05, 4.69) is 21.2 Å². The van der Waals surface area contributed by atoms with Crippen molar-refractivity contribution < 1.29 is 4.79 Å². The van der Waals surface area contributed by atoms with E-state index in [-0.39, 0.29) is 5.91 Å². The molecule has 0 aliphatic rings. The van der Waals surface area contributed by atoms with Crippen LogP contribution in [0.1, 0.15) is 5.56 Å². The lowest BCUT2D eigenvalue weighted by molar-refractivity contribution is -0.113. The molecule has 0 saturated heterocycles. The van der Waals surface area contributed by atoms with Gasteiger partial charge in [0, 0.05) is 15.1 Å². The molecule has 1 N–H and O–H groups in total. The highest BCUT2D eigenvalue weighted by molar-refractivity contribution is 9.10. The molecule has 0 spiro atoms. The van der Waals surface area contributed by atoms with Gasteiger partial charge in [0.1, 0.15) is 6.07 Å². The third kappa shape index (κ3) is 4.78. The standard InChI is InChI=1S/C15H10BrClN2OS/c16-11-2-5-13(6-3-11)21-9-15(20)19-12-4-1-10(8-18)14(17)7-12/h1-7H,9H2,(H,19,20). The van der Waals surface area contributed by atoms with Gasteiger partial charge < -0.3 is 5.32 Å². The summed E-state index contributed by atoms with van der Waals surface area (Å²) < 4.78 is 1.00. The third-order valence-electron chi connectivity index (χ3n) is 2.56. The molecule has 2 rings (SSSR count). The first-order valence-corrected chi connectivity index (χ1v) is 8.12. The van der Waals surface area contributed by atoms with E-state index in [1.165, 1.54) is 11.8 Å². The number of nitriles is 1. The molecule has 3 nitrogen and oxygen atoms in total. The number of amides is 1. The normalized spacial score (nSPS) is 9.95. The smallest absolute Gasteiger partial charge is 0.234 e. The first kappa shape index (κ1) is 15.9. The fourth-order valence-electron chi connectivity index (χ4n) is 1.56. The van der Waals surface area contributed by atoms with Gasteiger partial charge in [-0.1, -0.05) is 27.5 Å². The van der Waals surface area contributed by atoms with Crippen LogP contribution in [0.2, 0.25) is 5.02 Å². The number of halogens is 2. The molecule has 1 amide bonds. The number of anilines is 1. The number of hydrogen-bond acceptors (Lipinski definition) is 3. The van der Waals surface area contributed by atoms with Crippen LogP contribution in [0, 0.1) is 11.3 Å². The Bertz CT molecular complexity index is 698. The molecule has 0 atom stereocenters. The molecule has 0 aromatic heterocycles. The topological polar surface area (TPSA) is 52.9 Å². The summed E-state index contributed by atoms with van der Waals surface area (Å²) in [6.07, 6.45) is 0. The fraction of sp³-hybridized carbons (Fsp3) is 0.0667. The Labute approximate surface area is 140 Å². The Balaban J connectivity index is 1.91. The van der Waals surface area contributed by atoms with Gasteiger partial charge in [-0.15, -0.1) is 11.8 Å². The molecule has 0 aliphatic heterocycles. The molecule has 21 heavy (non-hydrogen) atoms. The van der Waals surface area contributed by atoms with Crippen LogP contribution in [0.5, 0.6) is 0 Å². The van der Waals surface area contributed by atoms with Crippen molar-refractivity contribution >= 4 is 50.9 Å². The highest BCUT2D eigenvalue weighted by atomic mass is 79.9. The average Bonchev–Trinajstić information content (AvgIpc) is 2.47. The van der Waals surface area contributed by atoms with E-state index < -0.39 is 0 Å². The molecule has 2 aromatic rings. The summed E-state index contributed by atoms with van der Waals surface area (Å²) in [6, 6.07) is 14.5. The molecule has 0 heterocycles. The fourth-order valence-corrected chi connectivity index (χ4v) is 2.75. The predicted octanol–water partition coefficient (Wildman–Crippen LogP) is 4.70. The zero-order valence-electron chi connectivity index (χ0n) is 10.8. The van der Waals surface area contributed by atoms with E-state index in [1.807, 2.05) is 30.3 Å². The molecular formula is C15H10BrClN2OS. The van der Waals surface area contributed by atoms with E-state index in [1.54, 1.807) is 18.2 Å². The van der Waals surface area contributed by atoms with E-state index >= 15 is 0 Å². The minimum atomic E-state index is -0.122. The summed E-state index contributed by atoms with van der Waals surface area (Å²) in [5.74, 6) is 0.183. The number of nitrogens with one attached hydrogen (secondary N) is 1. The second-order valence-corrected chi connectivity index (χ2v) is 6.47. The van der Waals surface area contributed by atoms with Crippen molar-refractivity contribution in [1.29, 1.82) is 5.26 Å². The van der Waals surface area contributed by atoms with Crippen molar-refractivity contribution in [3.63, 3.8) is 0 Å². The Morgan fingerprint density at radius 1 is 1.29 bits per heavy atom. The Morgan fingerprint density at radius 2 is 2.00 bits per heavy atom. The molecule has 0 radical (unpaired) electrons. The Kier molecular flexibility index (Phi) is 5.68. The number of hydrogen-bond donors (Lipinski definition) is 1. The molecule has 106 valence electrons. The Hall–Kier alpha value is -1.48. The highest BCUT2D eigenvalue weighted by Crippen LogP contribution is 2.22. The lowest BCUT2D eigenvalue weighted by Gasteiger charge is -2.06. The number of carbonyl (C=O) groups excluding carboxylic acids is 1. The summed E-state index contributed by atoms with van der Waals surface area (Å²) in [6.45, 7) is 0. The number of rotatable bonds is 4. The van der Waals surface area contributed by atoms with Crippen molar-refractivity contribution in [2.75, 3.05) is 11.1 Å². The van der Waals surface area contributed by atoms with E-state index in [0.29, 0.717) is 22.0 Å². The van der Waals surface area contributed by atoms with E-state index in [9.17, 15) is 4.79 Å². The lowest BCUT2D eigenvalue weighted by atomic mass is 10.2. The molecule has 0 saturated carbocycles. The number of thioether (sulfide) groups is 1. The van der Waals surface area contributed by atoms with Crippen molar-refractivity contribution in [3.05, 3.63) is 57.5 Å². The molecule has 0 fully saturated rings. The van der Waals surface area contributed by atoms with Gasteiger partial charge in [0.15, 0.2) is 0 Å². The minimum absolute atomic E-state index is 0.122. The van der Waals surface area contributed by atoms with Gasteiger partial charge in [-0.25, -0.2) is 0 Å². The molecule has 0 aliphatic carbocycles. The minimum Gasteiger partial charge on any atom is -0.325 e. The summed E-state index contributed by atoms with van der Waals surface area (Å²) in [5, 5.41) is 11.9. The molecule has 2 aromatic carbocycles. The predicted molar refractivity (Wildman–Crippen MR) is 89.7 cm³/mol. The summed E-state index contributed by atoms with van der Waals surface area (Å²) >= 11 is 10.7. The Morgan fingerprint density at radius 3 is 2.62 bits per heavy atom. The number of nitrogens with zero attached hydrogens (tertiary/aromatic N) is 1. The van der Waals surface area contributed by atoms with Gasteiger partial charge in [-0.3, -0.25) is 4.79 Å². The van der Waals surface area contributed by atoms with Crippen molar-refractivity contribution in [2.45, 2.75) is 4.90 Å². The lowest BCUT2D eigenvalue weighted by Crippen LogP contribution is -2.13. The maximum Gasteiger partial charge on any atom is 0.234 e. The number of carbonyl (C=O) groups is 1. The van der Waals surface area contributed by atoms with Crippen LogP contribution < -0.4 is 5.32 Å². The van der Waals surface area contributed by atoms with Crippen molar-refractivity contribution in [1.82, 2.24) is 0 Å². The maximum atomic E-state index is 11.9. The number of benzene rings is 2. The van der Waals surface area contributed by atoms with Crippen LogP contribution in [0.15, 0.2) is 51.8 Å². The van der Waals surface area contributed by atoms with Gasteiger partial charge >= 0.3 is 0 Å². The van der Waals surface area contributed by atoms with Gasteiger partial charge in [-0.05, 0) is 42.5 Å². The highest BCUT2D eigenvalue weighted by Gasteiger charge is 2.06. The monoisotopic (exact) mass is 380 g/mol. The summed E-state index contributed by atoms with van der Waals surface area (Å²) in [7, 11) is 0. The van der Waals surface area contributed by atoms with E-state index in [0.717, 1.165) is 9.37 Å². The summed E-state index contributed by atoms with van der Waals surface area (Å²) in [4.78, 5) is 12.9. The van der Waals surface area contributed by atoms with Crippen LogP contribution >= 0.6 is 39.3 Å². The molecule has 0 bridgehead atoms. The zero-order chi connectivity index (χ0) is 15.2. The van der Waals surface area contributed by atoms with Gasteiger partial charge in [-0.2, -0.15) is 5.26 Å². The van der Waals surface area contributed by atoms with Gasteiger partial charge in [0.25, 0.3) is 0 Å².